The summed E-state index contributed by atoms with van der Waals surface area (Å²) in [5, 5.41) is 17.9. The predicted octanol–water partition coefficient (Wildman–Crippen LogP) is 2.13. The van der Waals surface area contributed by atoms with Crippen LogP contribution in [0.4, 0.5) is 0 Å². The molecule has 3 aromatic heterocycles. The van der Waals surface area contributed by atoms with Crippen LogP contribution < -0.4 is 4.74 Å². The van der Waals surface area contributed by atoms with Gasteiger partial charge in [0.25, 0.3) is 0 Å². The van der Waals surface area contributed by atoms with Crippen molar-refractivity contribution in [3.05, 3.63) is 41.1 Å². The summed E-state index contributed by atoms with van der Waals surface area (Å²) in [6.45, 7) is 5.98. The van der Waals surface area contributed by atoms with Crippen LogP contribution in [-0.4, -0.2) is 35.1 Å². The van der Waals surface area contributed by atoms with E-state index in [0.717, 1.165) is 23.4 Å². The highest BCUT2D eigenvalue weighted by Gasteiger charge is 2.17. The largest absolute Gasteiger partial charge is 0.506 e. The number of ether oxygens (including phenoxy) is 1. The quantitative estimate of drug-likeness (QED) is 0.759. The van der Waals surface area contributed by atoms with Crippen molar-refractivity contribution < 1.29 is 9.84 Å². The zero-order valence-corrected chi connectivity index (χ0v) is 14.7. The summed E-state index contributed by atoms with van der Waals surface area (Å²) in [7, 11) is 1.80. The molecule has 0 saturated heterocycles. The number of rotatable bonds is 5. The summed E-state index contributed by atoms with van der Waals surface area (Å²) < 4.78 is 7.54. The molecule has 3 rings (SSSR count). The Morgan fingerprint density at radius 3 is 2.72 bits per heavy atom. The maximum atomic E-state index is 9.65. The van der Waals surface area contributed by atoms with Crippen molar-refractivity contribution >= 4 is 0 Å². The minimum absolute atomic E-state index is 0.147. The van der Waals surface area contributed by atoms with Gasteiger partial charge >= 0.3 is 0 Å². The van der Waals surface area contributed by atoms with Crippen LogP contribution in [0.1, 0.15) is 29.6 Å². The lowest BCUT2D eigenvalue weighted by atomic mass is 10.2. The molecule has 1 N–H and O–H groups in total. The second-order valence-corrected chi connectivity index (χ2v) is 5.70. The van der Waals surface area contributed by atoms with Crippen molar-refractivity contribution in [2.75, 3.05) is 0 Å². The Kier molecular flexibility index (Phi) is 4.60. The van der Waals surface area contributed by atoms with Crippen LogP contribution in [0.3, 0.4) is 0 Å². The fraction of sp³-hybridized carbons (Fsp3) is 0.353. The average Bonchev–Trinajstić information content (AvgIpc) is 2.97. The zero-order valence-electron chi connectivity index (χ0n) is 14.7. The van der Waals surface area contributed by atoms with Crippen molar-refractivity contribution in [1.29, 1.82) is 0 Å². The number of aromatic hydroxyl groups is 1. The van der Waals surface area contributed by atoms with Crippen molar-refractivity contribution in [3.63, 3.8) is 0 Å². The molecule has 0 aromatic carbocycles. The molecule has 130 valence electrons. The third-order valence-electron chi connectivity index (χ3n) is 4.07. The molecule has 0 aliphatic carbocycles. The van der Waals surface area contributed by atoms with Gasteiger partial charge < -0.3 is 9.84 Å². The number of pyridine rings is 1. The van der Waals surface area contributed by atoms with Crippen LogP contribution in [0.25, 0.3) is 11.4 Å². The normalized spacial score (nSPS) is 10.9. The lowest BCUT2D eigenvalue weighted by Gasteiger charge is -2.11. The van der Waals surface area contributed by atoms with E-state index >= 15 is 0 Å². The molecule has 8 nitrogen and oxygen atoms in total. The van der Waals surface area contributed by atoms with Gasteiger partial charge in [-0.15, -0.1) is 5.10 Å². The summed E-state index contributed by atoms with van der Waals surface area (Å²) in [5.74, 6) is 0.697. The second kappa shape index (κ2) is 6.84. The summed E-state index contributed by atoms with van der Waals surface area (Å²) >= 11 is 0. The molecule has 0 amide bonds. The fourth-order valence-electron chi connectivity index (χ4n) is 2.53. The van der Waals surface area contributed by atoms with Gasteiger partial charge in [-0.3, -0.25) is 0 Å². The molecule has 0 aliphatic rings. The summed E-state index contributed by atoms with van der Waals surface area (Å²) in [6.07, 6.45) is 2.33. The van der Waals surface area contributed by atoms with Gasteiger partial charge in [0, 0.05) is 12.6 Å². The van der Waals surface area contributed by atoms with Crippen molar-refractivity contribution in [1.82, 2.24) is 29.9 Å². The minimum atomic E-state index is 0.147. The van der Waals surface area contributed by atoms with Gasteiger partial charge in [0.1, 0.15) is 30.1 Å². The van der Waals surface area contributed by atoms with E-state index < -0.39 is 0 Å². The highest BCUT2D eigenvalue weighted by Crippen LogP contribution is 2.24. The fourth-order valence-corrected chi connectivity index (χ4v) is 2.53. The van der Waals surface area contributed by atoms with E-state index in [-0.39, 0.29) is 12.4 Å². The van der Waals surface area contributed by atoms with E-state index in [0.29, 0.717) is 23.0 Å². The van der Waals surface area contributed by atoms with E-state index in [4.69, 9.17) is 4.74 Å². The van der Waals surface area contributed by atoms with Gasteiger partial charge in [0.2, 0.25) is 5.88 Å². The lowest BCUT2D eigenvalue weighted by Crippen LogP contribution is -2.07. The van der Waals surface area contributed by atoms with Gasteiger partial charge in [0.05, 0.1) is 17.1 Å². The van der Waals surface area contributed by atoms with Gasteiger partial charge in [0.15, 0.2) is 0 Å². The van der Waals surface area contributed by atoms with Crippen molar-refractivity contribution in [2.24, 2.45) is 7.05 Å². The van der Waals surface area contributed by atoms with E-state index in [1.165, 1.54) is 6.33 Å². The number of hydrogen-bond donors (Lipinski definition) is 1. The van der Waals surface area contributed by atoms with Gasteiger partial charge in [-0.25, -0.2) is 19.6 Å². The number of aryl methyl sites for hydroxylation is 3. The first-order valence-electron chi connectivity index (χ1n) is 8.00. The van der Waals surface area contributed by atoms with Crippen LogP contribution in [0.15, 0.2) is 18.5 Å². The van der Waals surface area contributed by atoms with Gasteiger partial charge in [-0.1, -0.05) is 12.1 Å². The monoisotopic (exact) mass is 340 g/mol. The number of hydrogen-bond acceptors (Lipinski definition) is 7. The first-order chi connectivity index (χ1) is 12.0. The molecule has 0 bridgehead atoms. The molecule has 0 unspecified atom stereocenters. The lowest BCUT2D eigenvalue weighted by molar-refractivity contribution is 0.280. The third-order valence-corrected chi connectivity index (χ3v) is 4.07. The van der Waals surface area contributed by atoms with E-state index in [1.807, 2.05) is 13.8 Å². The topological polar surface area (TPSA) is 98.8 Å². The van der Waals surface area contributed by atoms with Crippen LogP contribution in [0.5, 0.6) is 11.6 Å². The summed E-state index contributed by atoms with van der Waals surface area (Å²) in [6, 6.07) is 3.31. The zero-order chi connectivity index (χ0) is 18.0. The molecule has 25 heavy (non-hydrogen) atoms. The first kappa shape index (κ1) is 16.8. The molecular weight excluding hydrogens is 320 g/mol. The molecule has 0 radical (unpaired) electrons. The summed E-state index contributed by atoms with van der Waals surface area (Å²) in [5.41, 5.74) is 4.45. The number of aromatic nitrogens is 6. The van der Waals surface area contributed by atoms with E-state index in [2.05, 4.69) is 25.3 Å². The Hall–Kier alpha value is -3.03. The molecule has 3 aromatic rings. The molecule has 0 saturated carbocycles. The maximum Gasteiger partial charge on any atom is 0.219 e. The van der Waals surface area contributed by atoms with Crippen LogP contribution >= 0.6 is 0 Å². The van der Waals surface area contributed by atoms with Crippen molar-refractivity contribution in [2.45, 2.75) is 33.8 Å². The average molecular weight is 340 g/mol. The van der Waals surface area contributed by atoms with Gasteiger partial charge in [-0.2, -0.15) is 0 Å². The van der Waals surface area contributed by atoms with Crippen LogP contribution in [0.2, 0.25) is 0 Å². The highest BCUT2D eigenvalue weighted by molar-refractivity contribution is 5.58. The number of nitrogens with zero attached hydrogens (tertiary/aromatic N) is 6. The second-order valence-electron chi connectivity index (χ2n) is 5.70. The molecular formula is C17H20N6O2. The first-order valence-corrected chi connectivity index (χ1v) is 8.00. The van der Waals surface area contributed by atoms with E-state index in [1.54, 1.807) is 30.8 Å². The van der Waals surface area contributed by atoms with E-state index in [9.17, 15) is 5.11 Å². The standard InChI is InChI=1S/C17H20N6O2/c1-5-12-10(2)17(19-9-18-12)25-8-14-16(21-22-23(14)4)13-6-7-15(24)11(3)20-13/h6-7,9,24H,5,8H2,1-4H3. The third kappa shape index (κ3) is 3.28. The highest BCUT2D eigenvalue weighted by atomic mass is 16.5. The Morgan fingerprint density at radius 2 is 2.00 bits per heavy atom. The van der Waals surface area contributed by atoms with Crippen LogP contribution in [0, 0.1) is 13.8 Å². The van der Waals surface area contributed by atoms with Gasteiger partial charge in [-0.05, 0) is 32.4 Å². The van der Waals surface area contributed by atoms with Crippen molar-refractivity contribution in [3.8, 4) is 23.0 Å². The summed E-state index contributed by atoms with van der Waals surface area (Å²) in [4.78, 5) is 12.8. The Bertz CT molecular complexity index is 906. The molecule has 0 aliphatic heterocycles. The SMILES string of the molecule is CCc1ncnc(OCc2c(-c3ccc(O)c(C)n3)nnn2C)c1C. The minimum Gasteiger partial charge on any atom is -0.506 e. The molecule has 0 fully saturated rings. The smallest absolute Gasteiger partial charge is 0.219 e. The van der Waals surface area contributed by atoms with Crippen LogP contribution in [-0.2, 0) is 20.1 Å². The predicted molar refractivity (Wildman–Crippen MR) is 91.1 cm³/mol. The molecule has 3 heterocycles. The molecule has 8 heteroatoms. The maximum absolute atomic E-state index is 9.65. The Balaban J connectivity index is 1.89. The molecule has 0 spiro atoms. The Morgan fingerprint density at radius 1 is 1.20 bits per heavy atom. The molecule has 0 atom stereocenters. The Labute approximate surface area is 145 Å².